The predicted octanol–water partition coefficient (Wildman–Crippen LogP) is 0.441. The largest absolute Gasteiger partial charge is 0.324 e. The summed E-state index contributed by atoms with van der Waals surface area (Å²) in [5.41, 5.74) is 0. The zero-order valence-corrected chi connectivity index (χ0v) is 11.0. The van der Waals surface area contributed by atoms with Crippen LogP contribution in [0.3, 0.4) is 0 Å². The Morgan fingerprint density at radius 3 is 1.94 bits per heavy atom. The maximum absolute atomic E-state index is 12.1. The van der Waals surface area contributed by atoms with Crippen LogP contribution in [0.25, 0.3) is 0 Å². The van der Waals surface area contributed by atoms with Gasteiger partial charge in [0, 0.05) is 52.1 Å². The van der Waals surface area contributed by atoms with Crippen molar-refractivity contribution in [1.82, 2.24) is 14.7 Å². The molecule has 2 saturated heterocycles. The summed E-state index contributed by atoms with van der Waals surface area (Å²) in [5.74, 6) is 0.280. The summed E-state index contributed by atoms with van der Waals surface area (Å²) < 4.78 is 0. The number of rotatable bonds is 0. The molecule has 2 amide bonds. The molecule has 0 aromatic heterocycles. The number of urea groups is 1. The number of likely N-dealkylation sites (N-methyl/N-ethyl adjacent to an activating group) is 1. The number of ketones is 1. The lowest BCUT2D eigenvalue weighted by Crippen LogP contribution is -2.53. The van der Waals surface area contributed by atoms with Crippen LogP contribution >= 0.6 is 12.4 Å². The molecule has 17 heavy (non-hydrogen) atoms. The minimum absolute atomic E-state index is 0. The zero-order chi connectivity index (χ0) is 11.5. The first-order valence-electron chi connectivity index (χ1n) is 5.91. The Labute approximate surface area is 108 Å². The molecule has 2 heterocycles. The van der Waals surface area contributed by atoms with Gasteiger partial charge in [0.2, 0.25) is 0 Å². The second-order valence-corrected chi connectivity index (χ2v) is 4.60. The lowest BCUT2D eigenvalue weighted by molar-refractivity contribution is -0.121. The van der Waals surface area contributed by atoms with Gasteiger partial charge in [-0.15, -0.1) is 12.4 Å². The van der Waals surface area contributed by atoms with Gasteiger partial charge in [-0.3, -0.25) is 4.79 Å². The molecule has 0 N–H and O–H groups in total. The number of piperidine rings is 1. The second-order valence-electron chi connectivity index (χ2n) is 4.60. The van der Waals surface area contributed by atoms with Gasteiger partial charge in [0.05, 0.1) is 0 Å². The van der Waals surface area contributed by atoms with E-state index >= 15 is 0 Å². The van der Waals surface area contributed by atoms with Crippen LogP contribution in [0.5, 0.6) is 0 Å². The lowest BCUT2D eigenvalue weighted by atomic mass is 10.1. The van der Waals surface area contributed by atoms with Crippen LogP contribution in [0.2, 0.25) is 0 Å². The molecule has 6 heteroatoms. The van der Waals surface area contributed by atoms with E-state index in [0.29, 0.717) is 25.9 Å². The van der Waals surface area contributed by atoms with E-state index < -0.39 is 0 Å². The number of hydrogen-bond donors (Lipinski definition) is 0. The third-order valence-electron chi connectivity index (χ3n) is 3.37. The molecular weight excluding hydrogens is 242 g/mol. The summed E-state index contributed by atoms with van der Waals surface area (Å²) >= 11 is 0. The molecule has 0 spiro atoms. The Morgan fingerprint density at radius 1 is 0.941 bits per heavy atom. The first-order valence-corrected chi connectivity index (χ1v) is 5.91. The molecule has 0 aromatic rings. The smallest absolute Gasteiger partial charge is 0.320 e. The van der Waals surface area contributed by atoms with Gasteiger partial charge in [0.25, 0.3) is 0 Å². The van der Waals surface area contributed by atoms with Crippen LogP contribution in [0.15, 0.2) is 0 Å². The van der Waals surface area contributed by atoms with Crippen molar-refractivity contribution in [3.63, 3.8) is 0 Å². The van der Waals surface area contributed by atoms with E-state index in [0.717, 1.165) is 26.2 Å². The highest BCUT2D eigenvalue weighted by atomic mass is 35.5. The van der Waals surface area contributed by atoms with Crippen LogP contribution < -0.4 is 0 Å². The molecule has 0 aromatic carbocycles. The monoisotopic (exact) mass is 261 g/mol. The molecule has 2 aliphatic rings. The molecule has 0 atom stereocenters. The molecule has 2 aliphatic heterocycles. The van der Waals surface area contributed by atoms with Crippen molar-refractivity contribution in [3.8, 4) is 0 Å². The minimum Gasteiger partial charge on any atom is -0.324 e. The standard InChI is InChI=1S/C11H19N3O2.ClH/c1-12-6-8-14(9-7-12)11(16)13-4-2-10(15)3-5-13;/h2-9H2,1H3;1H. The average Bonchev–Trinajstić information content (AvgIpc) is 2.30. The van der Waals surface area contributed by atoms with E-state index in [-0.39, 0.29) is 24.2 Å². The summed E-state index contributed by atoms with van der Waals surface area (Å²) in [5, 5.41) is 0. The van der Waals surface area contributed by atoms with Crippen molar-refractivity contribution in [2.24, 2.45) is 0 Å². The third kappa shape index (κ3) is 3.57. The molecule has 5 nitrogen and oxygen atoms in total. The molecule has 0 radical (unpaired) electrons. The Balaban J connectivity index is 0.00000144. The second kappa shape index (κ2) is 6.21. The summed E-state index contributed by atoms with van der Waals surface area (Å²) in [4.78, 5) is 29.1. The topological polar surface area (TPSA) is 43.9 Å². The van der Waals surface area contributed by atoms with Gasteiger partial charge in [-0.2, -0.15) is 0 Å². The number of nitrogens with zero attached hydrogens (tertiary/aromatic N) is 3. The minimum atomic E-state index is 0. The summed E-state index contributed by atoms with van der Waals surface area (Å²) in [6.45, 7) is 4.70. The predicted molar refractivity (Wildman–Crippen MR) is 67.5 cm³/mol. The summed E-state index contributed by atoms with van der Waals surface area (Å²) in [6.07, 6.45) is 1.05. The van der Waals surface area contributed by atoms with E-state index in [9.17, 15) is 9.59 Å². The first-order chi connectivity index (χ1) is 7.66. The van der Waals surface area contributed by atoms with Crippen LogP contribution in [0.1, 0.15) is 12.8 Å². The fourth-order valence-corrected chi connectivity index (χ4v) is 2.15. The van der Waals surface area contributed by atoms with Crippen molar-refractivity contribution >= 4 is 24.2 Å². The Morgan fingerprint density at radius 2 is 1.41 bits per heavy atom. The fourth-order valence-electron chi connectivity index (χ4n) is 2.15. The van der Waals surface area contributed by atoms with Crippen molar-refractivity contribution in [2.45, 2.75) is 12.8 Å². The number of hydrogen-bond acceptors (Lipinski definition) is 3. The Kier molecular flexibility index (Phi) is 5.21. The van der Waals surface area contributed by atoms with Crippen molar-refractivity contribution < 1.29 is 9.59 Å². The molecule has 98 valence electrons. The number of carbonyl (C=O) groups excluding carboxylic acids is 2. The SMILES string of the molecule is CN1CCN(C(=O)N2CCC(=O)CC2)CC1.Cl. The number of likely N-dealkylation sites (tertiary alicyclic amines) is 1. The van der Waals surface area contributed by atoms with E-state index in [1.54, 1.807) is 0 Å². The number of piperazine rings is 1. The number of carbonyl (C=O) groups is 2. The molecule has 0 aliphatic carbocycles. The lowest BCUT2D eigenvalue weighted by Gasteiger charge is -2.37. The van der Waals surface area contributed by atoms with Crippen molar-refractivity contribution in [1.29, 1.82) is 0 Å². The summed E-state index contributed by atoms with van der Waals surface area (Å²) in [6, 6.07) is 0.112. The van der Waals surface area contributed by atoms with E-state index in [2.05, 4.69) is 11.9 Å². The Hall–Kier alpha value is -0.810. The molecule has 0 unspecified atom stereocenters. The average molecular weight is 262 g/mol. The number of amides is 2. The third-order valence-corrected chi connectivity index (χ3v) is 3.37. The highest BCUT2D eigenvalue weighted by Crippen LogP contribution is 2.10. The number of halogens is 1. The van der Waals surface area contributed by atoms with Gasteiger partial charge < -0.3 is 14.7 Å². The molecular formula is C11H20ClN3O2. The van der Waals surface area contributed by atoms with Gasteiger partial charge in [-0.25, -0.2) is 4.79 Å². The van der Waals surface area contributed by atoms with Gasteiger partial charge in [0.1, 0.15) is 5.78 Å². The molecule has 2 rings (SSSR count). The van der Waals surface area contributed by atoms with Gasteiger partial charge in [-0.1, -0.05) is 0 Å². The van der Waals surface area contributed by atoms with Gasteiger partial charge in [-0.05, 0) is 7.05 Å². The number of Topliss-reactive ketones (excluding diaryl/α,β-unsaturated/α-hetero) is 1. The van der Waals surface area contributed by atoms with Crippen LogP contribution in [-0.2, 0) is 4.79 Å². The normalized spacial score (nSPS) is 22.3. The fraction of sp³-hybridized carbons (Fsp3) is 0.818. The van der Waals surface area contributed by atoms with Crippen molar-refractivity contribution in [3.05, 3.63) is 0 Å². The molecule has 0 saturated carbocycles. The van der Waals surface area contributed by atoms with Gasteiger partial charge in [0.15, 0.2) is 0 Å². The van der Waals surface area contributed by atoms with Crippen LogP contribution in [0.4, 0.5) is 4.79 Å². The highest BCUT2D eigenvalue weighted by Gasteiger charge is 2.26. The maximum Gasteiger partial charge on any atom is 0.320 e. The van der Waals surface area contributed by atoms with Crippen molar-refractivity contribution in [2.75, 3.05) is 46.3 Å². The highest BCUT2D eigenvalue weighted by molar-refractivity contribution is 5.85. The van der Waals surface area contributed by atoms with E-state index in [1.165, 1.54) is 0 Å². The van der Waals surface area contributed by atoms with E-state index in [1.807, 2.05) is 9.80 Å². The van der Waals surface area contributed by atoms with E-state index in [4.69, 9.17) is 0 Å². The first kappa shape index (κ1) is 14.3. The van der Waals surface area contributed by atoms with Crippen LogP contribution in [-0.4, -0.2) is 72.8 Å². The molecule has 2 fully saturated rings. The zero-order valence-electron chi connectivity index (χ0n) is 10.2. The molecule has 0 bridgehead atoms. The Bertz CT molecular complexity index is 280. The summed E-state index contributed by atoms with van der Waals surface area (Å²) in [7, 11) is 2.07. The maximum atomic E-state index is 12.1. The van der Waals surface area contributed by atoms with Crippen LogP contribution in [0, 0.1) is 0 Å². The van der Waals surface area contributed by atoms with Gasteiger partial charge >= 0.3 is 6.03 Å². The quantitative estimate of drug-likeness (QED) is 0.636.